The van der Waals surface area contributed by atoms with E-state index in [4.69, 9.17) is 18.9 Å². The number of aryl methyl sites for hydroxylation is 1. The summed E-state index contributed by atoms with van der Waals surface area (Å²) in [7, 11) is 1.59. The molecule has 0 radical (unpaired) electrons. The van der Waals surface area contributed by atoms with Crippen LogP contribution in [-0.2, 0) is 16.0 Å². The van der Waals surface area contributed by atoms with E-state index in [9.17, 15) is 9.59 Å². The number of nitrogens with zero attached hydrogens (tertiary/aromatic N) is 2. The van der Waals surface area contributed by atoms with Gasteiger partial charge in [0.15, 0.2) is 4.80 Å². The molecule has 246 valence electrons. The Morgan fingerprint density at radius 2 is 1.64 bits per heavy atom. The van der Waals surface area contributed by atoms with Gasteiger partial charge in [0.2, 0.25) is 0 Å². The maximum absolute atomic E-state index is 14.0. The lowest BCUT2D eigenvalue weighted by atomic mass is 9.96. The average molecular weight is 655 g/mol. The number of ether oxygens (including phenoxy) is 4. The van der Waals surface area contributed by atoms with E-state index in [1.165, 1.54) is 42.6 Å². The van der Waals surface area contributed by atoms with Gasteiger partial charge in [-0.2, -0.15) is 0 Å². The highest BCUT2D eigenvalue weighted by Crippen LogP contribution is 2.31. The van der Waals surface area contributed by atoms with E-state index in [0.717, 1.165) is 23.3 Å². The Hall–Kier alpha value is -4.63. The molecular formula is C38H42N2O6S. The Morgan fingerprint density at radius 3 is 2.36 bits per heavy atom. The molecule has 0 fully saturated rings. The fourth-order valence-corrected chi connectivity index (χ4v) is 6.62. The summed E-state index contributed by atoms with van der Waals surface area (Å²) >= 11 is 1.27. The summed E-state index contributed by atoms with van der Waals surface area (Å²) in [5, 5.41) is 0. The Morgan fingerprint density at radius 1 is 0.915 bits per heavy atom. The van der Waals surface area contributed by atoms with Crippen LogP contribution < -0.4 is 29.1 Å². The number of thiazole rings is 1. The van der Waals surface area contributed by atoms with Crippen LogP contribution in [0, 0.1) is 0 Å². The van der Waals surface area contributed by atoms with E-state index >= 15 is 0 Å². The summed E-state index contributed by atoms with van der Waals surface area (Å²) in [5.74, 6) is 1.62. The minimum absolute atomic E-state index is 0.211. The van der Waals surface area contributed by atoms with E-state index in [1.54, 1.807) is 25.5 Å². The third-order valence-electron chi connectivity index (χ3n) is 8.01. The molecule has 2 heterocycles. The van der Waals surface area contributed by atoms with Gasteiger partial charge in [0.1, 0.15) is 30.5 Å². The predicted octanol–water partition coefficient (Wildman–Crippen LogP) is 6.39. The zero-order valence-corrected chi connectivity index (χ0v) is 28.3. The molecule has 5 rings (SSSR count). The van der Waals surface area contributed by atoms with Crippen LogP contribution in [0.4, 0.5) is 0 Å². The van der Waals surface area contributed by atoms with Crippen LogP contribution in [0.3, 0.4) is 0 Å². The molecule has 0 saturated carbocycles. The molecular weight excluding hydrogens is 612 g/mol. The molecule has 9 heteroatoms. The topological polar surface area (TPSA) is 88.3 Å². The summed E-state index contributed by atoms with van der Waals surface area (Å²) < 4.78 is 24.8. The lowest BCUT2D eigenvalue weighted by molar-refractivity contribution is -0.139. The number of allylic oxidation sites excluding steroid dienone is 1. The molecule has 3 aromatic carbocycles. The number of hydrogen-bond donors (Lipinski definition) is 0. The zero-order chi connectivity index (χ0) is 33.2. The number of para-hydroxylation sites is 1. The Bertz CT molecular complexity index is 1870. The van der Waals surface area contributed by atoms with Gasteiger partial charge in [0.05, 0.1) is 35.6 Å². The number of aromatic nitrogens is 1. The predicted molar refractivity (Wildman–Crippen MR) is 185 cm³/mol. The number of carbonyl (C=O) groups excluding carboxylic acids is 1. The number of hydrogen-bond acceptors (Lipinski definition) is 8. The van der Waals surface area contributed by atoms with Crippen molar-refractivity contribution in [3.05, 3.63) is 120 Å². The highest BCUT2D eigenvalue weighted by Gasteiger charge is 2.33. The van der Waals surface area contributed by atoms with Crippen molar-refractivity contribution in [1.82, 2.24) is 4.57 Å². The van der Waals surface area contributed by atoms with Crippen molar-refractivity contribution in [2.24, 2.45) is 4.99 Å². The Balaban J connectivity index is 1.35. The number of fused-ring (bicyclic) bond motifs is 1. The van der Waals surface area contributed by atoms with Crippen molar-refractivity contribution in [1.29, 1.82) is 0 Å². The van der Waals surface area contributed by atoms with Gasteiger partial charge in [-0.3, -0.25) is 9.36 Å². The van der Waals surface area contributed by atoms with Crippen LogP contribution in [-0.4, -0.2) is 37.5 Å². The lowest BCUT2D eigenvalue weighted by Gasteiger charge is -2.24. The SMILES string of the molecule is CCCCCCc1ccc(OCCOc2ccccc2/C=c2/sc3n(c2=O)C(c2ccc(OC)cc2)C(C(=O)OCC)=C(C)N=3)cc1. The number of unbranched alkanes of at least 4 members (excludes halogenated alkanes) is 3. The standard InChI is InChI=1S/C38H42N2O6S/c1-5-7-8-9-12-27-15-19-31(20-16-27)45-23-24-46-32-14-11-10-13-29(32)25-33-36(41)40-35(28-17-21-30(43-4)22-18-28)34(37(42)44-6-2)26(3)39-38(40)47-33/h10-11,13-22,25,35H,5-9,12,23-24H2,1-4H3/b33-25+. The molecule has 0 amide bonds. The number of esters is 1. The minimum Gasteiger partial charge on any atom is -0.497 e. The Kier molecular flexibility index (Phi) is 11.7. The second-order valence-electron chi connectivity index (χ2n) is 11.3. The van der Waals surface area contributed by atoms with Crippen LogP contribution in [0.5, 0.6) is 17.2 Å². The number of methoxy groups -OCH3 is 1. The van der Waals surface area contributed by atoms with Crippen molar-refractivity contribution >= 4 is 23.4 Å². The van der Waals surface area contributed by atoms with Gasteiger partial charge in [-0.05, 0) is 74.2 Å². The van der Waals surface area contributed by atoms with Crippen molar-refractivity contribution < 1.29 is 23.7 Å². The smallest absolute Gasteiger partial charge is 0.338 e. The molecule has 8 nitrogen and oxygen atoms in total. The Labute approximate surface area is 279 Å². The number of benzene rings is 3. The first-order valence-electron chi connectivity index (χ1n) is 16.2. The minimum atomic E-state index is -0.697. The maximum Gasteiger partial charge on any atom is 0.338 e. The first-order chi connectivity index (χ1) is 22.9. The maximum atomic E-state index is 14.0. The quantitative estimate of drug-likeness (QED) is 0.109. The van der Waals surface area contributed by atoms with Gasteiger partial charge >= 0.3 is 5.97 Å². The molecule has 1 aliphatic rings. The normalized spacial score (nSPS) is 14.4. The molecule has 0 N–H and O–H groups in total. The van der Waals surface area contributed by atoms with Crippen molar-refractivity contribution in [2.45, 2.75) is 58.9 Å². The van der Waals surface area contributed by atoms with Crippen LogP contribution >= 0.6 is 11.3 Å². The molecule has 0 saturated heterocycles. The first-order valence-corrected chi connectivity index (χ1v) is 17.0. The highest BCUT2D eigenvalue weighted by molar-refractivity contribution is 7.07. The molecule has 1 atom stereocenters. The third kappa shape index (κ3) is 8.21. The largest absolute Gasteiger partial charge is 0.497 e. The van der Waals surface area contributed by atoms with Crippen molar-refractivity contribution in [2.75, 3.05) is 26.9 Å². The summed E-state index contributed by atoms with van der Waals surface area (Å²) in [5.41, 5.74) is 3.43. The zero-order valence-electron chi connectivity index (χ0n) is 27.5. The average Bonchev–Trinajstić information content (AvgIpc) is 3.39. The van der Waals surface area contributed by atoms with Gasteiger partial charge in [-0.1, -0.05) is 80.0 Å². The van der Waals surface area contributed by atoms with E-state index in [0.29, 0.717) is 45.3 Å². The fraction of sp³-hybridized carbons (Fsp3) is 0.342. The summed E-state index contributed by atoms with van der Waals surface area (Å²) in [6, 6.07) is 22.5. The van der Waals surface area contributed by atoms with Crippen LogP contribution in [0.1, 0.15) is 69.2 Å². The third-order valence-corrected chi connectivity index (χ3v) is 8.99. The van der Waals surface area contributed by atoms with E-state index in [-0.39, 0.29) is 12.2 Å². The van der Waals surface area contributed by atoms with Crippen LogP contribution in [0.2, 0.25) is 0 Å². The molecule has 0 aliphatic carbocycles. The second-order valence-corrected chi connectivity index (χ2v) is 12.3. The molecule has 1 aliphatic heterocycles. The monoisotopic (exact) mass is 654 g/mol. The summed E-state index contributed by atoms with van der Waals surface area (Å²) in [6.45, 7) is 6.68. The molecule has 1 aromatic heterocycles. The molecule has 0 spiro atoms. The summed E-state index contributed by atoms with van der Waals surface area (Å²) in [4.78, 5) is 32.4. The van der Waals surface area contributed by atoms with Gasteiger partial charge in [-0.25, -0.2) is 9.79 Å². The second kappa shape index (κ2) is 16.3. The molecule has 4 aromatic rings. The lowest BCUT2D eigenvalue weighted by Crippen LogP contribution is -2.39. The molecule has 47 heavy (non-hydrogen) atoms. The van der Waals surface area contributed by atoms with Crippen LogP contribution in [0.15, 0.2) is 93.9 Å². The van der Waals surface area contributed by atoms with Gasteiger partial charge < -0.3 is 18.9 Å². The van der Waals surface area contributed by atoms with Crippen molar-refractivity contribution in [3.8, 4) is 17.2 Å². The summed E-state index contributed by atoms with van der Waals surface area (Å²) in [6.07, 6.45) is 7.90. The van der Waals surface area contributed by atoms with Gasteiger partial charge in [0.25, 0.3) is 5.56 Å². The number of rotatable bonds is 15. The number of carbonyl (C=O) groups is 1. The van der Waals surface area contributed by atoms with E-state index < -0.39 is 12.0 Å². The van der Waals surface area contributed by atoms with Crippen LogP contribution in [0.25, 0.3) is 6.08 Å². The first kappa shape index (κ1) is 33.7. The molecule has 0 bridgehead atoms. The highest BCUT2D eigenvalue weighted by atomic mass is 32.1. The van der Waals surface area contributed by atoms with Gasteiger partial charge in [-0.15, -0.1) is 0 Å². The molecule has 1 unspecified atom stereocenters. The van der Waals surface area contributed by atoms with E-state index in [1.807, 2.05) is 66.7 Å². The van der Waals surface area contributed by atoms with E-state index in [2.05, 4.69) is 24.0 Å². The van der Waals surface area contributed by atoms with Gasteiger partial charge in [0, 0.05) is 5.56 Å². The fourth-order valence-electron chi connectivity index (χ4n) is 5.58. The van der Waals surface area contributed by atoms with Crippen molar-refractivity contribution in [3.63, 3.8) is 0 Å².